The minimum absolute atomic E-state index is 0.399. The Morgan fingerprint density at radius 2 is 2.40 bits per heavy atom. The maximum atomic E-state index is 9.03. The minimum Gasteiger partial charge on any atom is -0.299 e. The molecule has 0 aromatic carbocycles. The predicted molar refractivity (Wildman–Crippen MR) is 58.2 cm³/mol. The number of hydrogen-bond acceptors (Lipinski definition) is 3. The van der Waals surface area contributed by atoms with Crippen molar-refractivity contribution in [1.82, 2.24) is 9.88 Å². The monoisotopic (exact) mass is 201 g/mol. The fourth-order valence-electron chi connectivity index (χ4n) is 2.26. The summed E-state index contributed by atoms with van der Waals surface area (Å²) in [6.45, 7) is 1.12. The second-order valence-corrected chi connectivity index (χ2v) is 4.07. The number of nitrogens with zero attached hydrogens (tertiary/aromatic N) is 3. The molecule has 3 heteroatoms. The molecule has 1 saturated heterocycles. The molecule has 1 fully saturated rings. The molecular weight excluding hydrogens is 186 g/mol. The third kappa shape index (κ3) is 2.00. The van der Waals surface area contributed by atoms with Crippen LogP contribution in [0.4, 0.5) is 0 Å². The lowest BCUT2D eigenvalue weighted by atomic mass is 9.94. The van der Waals surface area contributed by atoms with Gasteiger partial charge in [0.05, 0.1) is 5.56 Å². The van der Waals surface area contributed by atoms with Crippen LogP contribution >= 0.6 is 0 Å². The van der Waals surface area contributed by atoms with E-state index < -0.39 is 0 Å². The van der Waals surface area contributed by atoms with Crippen molar-refractivity contribution in [2.45, 2.75) is 25.3 Å². The highest BCUT2D eigenvalue weighted by Crippen LogP contribution is 2.30. The maximum absolute atomic E-state index is 9.03. The number of hydrogen-bond donors (Lipinski definition) is 0. The number of piperidine rings is 1. The van der Waals surface area contributed by atoms with Crippen LogP contribution in [0.3, 0.4) is 0 Å². The summed E-state index contributed by atoms with van der Waals surface area (Å²) in [5.41, 5.74) is 1.85. The second-order valence-electron chi connectivity index (χ2n) is 4.07. The van der Waals surface area contributed by atoms with Gasteiger partial charge in [-0.3, -0.25) is 9.88 Å². The Morgan fingerprint density at radius 1 is 1.53 bits per heavy atom. The Morgan fingerprint density at radius 3 is 3.13 bits per heavy atom. The smallest absolute Gasteiger partial charge is 0.101 e. The summed E-state index contributed by atoms with van der Waals surface area (Å²) in [4.78, 5) is 6.33. The van der Waals surface area contributed by atoms with E-state index in [2.05, 4.69) is 23.0 Å². The molecule has 0 amide bonds. The molecule has 1 aliphatic rings. The maximum Gasteiger partial charge on any atom is 0.101 e. The molecule has 1 aromatic heterocycles. The highest BCUT2D eigenvalue weighted by atomic mass is 15.1. The van der Waals surface area contributed by atoms with Gasteiger partial charge >= 0.3 is 0 Å². The van der Waals surface area contributed by atoms with E-state index in [1.54, 1.807) is 12.4 Å². The largest absolute Gasteiger partial charge is 0.299 e. The van der Waals surface area contributed by atoms with Gasteiger partial charge in [-0.25, -0.2) is 0 Å². The summed E-state index contributed by atoms with van der Waals surface area (Å²) in [7, 11) is 2.13. The van der Waals surface area contributed by atoms with Crippen molar-refractivity contribution < 1.29 is 0 Å². The van der Waals surface area contributed by atoms with E-state index in [4.69, 9.17) is 5.26 Å². The van der Waals surface area contributed by atoms with Crippen LogP contribution in [-0.2, 0) is 0 Å². The van der Waals surface area contributed by atoms with Gasteiger partial charge in [-0.15, -0.1) is 0 Å². The molecule has 0 bridgehead atoms. The van der Waals surface area contributed by atoms with Gasteiger partial charge in [-0.1, -0.05) is 6.42 Å². The average Bonchev–Trinajstić information content (AvgIpc) is 2.30. The molecule has 0 aliphatic carbocycles. The van der Waals surface area contributed by atoms with Crippen LogP contribution in [0.15, 0.2) is 18.5 Å². The van der Waals surface area contributed by atoms with Crippen LogP contribution in [0.2, 0.25) is 0 Å². The van der Waals surface area contributed by atoms with Gasteiger partial charge in [0, 0.05) is 18.4 Å². The van der Waals surface area contributed by atoms with E-state index in [1.165, 1.54) is 12.8 Å². The summed E-state index contributed by atoms with van der Waals surface area (Å²) in [6, 6.07) is 4.60. The van der Waals surface area contributed by atoms with Crippen LogP contribution in [0, 0.1) is 11.3 Å². The predicted octanol–water partition coefficient (Wildman–Crippen LogP) is 2.11. The molecule has 1 aliphatic heterocycles. The van der Waals surface area contributed by atoms with Crippen molar-refractivity contribution in [3.05, 3.63) is 29.6 Å². The molecule has 2 heterocycles. The zero-order valence-electron chi connectivity index (χ0n) is 8.98. The lowest BCUT2D eigenvalue weighted by Gasteiger charge is -2.33. The average molecular weight is 201 g/mol. The van der Waals surface area contributed by atoms with Gasteiger partial charge in [0.15, 0.2) is 0 Å². The summed E-state index contributed by atoms with van der Waals surface area (Å²) in [6.07, 6.45) is 7.10. The summed E-state index contributed by atoms with van der Waals surface area (Å²) in [5, 5.41) is 9.03. The van der Waals surface area contributed by atoms with Crippen molar-refractivity contribution in [2.24, 2.45) is 0 Å². The first kappa shape index (κ1) is 10.1. The Balaban J connectivity index is 2.31. The number of likely N-dealkylation sites (tertiary alicyclic amines) is 1. The number of pyridine rings is 1. The van der Waals surface area contributed by atoms with Crippen molar-refractivity contribution >= 4 is 0 Å². The molecule has 2 rings (SSSR count). The minimum atomic E-state index is 0.399. The van der Waals surface area contributed by atoms with Crippen LogP contribution in [0.5, 0.6) is 0 Å². The van der Waals surface area contributed by atoms with Crippen molar-refractivity contribution in [3.8, 4) is 6.07 Å². The van der Waals surface area contributed by atoms with E-state index in [0.29, 0.717) is 6.04 Å². The molecule has 1 atom stereocenters. The number of rotatable bonds is 1. The standard InChI is InChI=1S/C12H15N3/c1-15-7-3-2-4-12(15)11-5-6-14-9-10(11)8-13/h5-6,9,12H,2-4,7H2,1H3. The van der Waals surface area contributed by atoms with Crippen LogP contribution in [0.1, 0.15) is 36.4 Å². The molecule has 0 radical (unpaired) electrons. The fraction of sp³-hybridized carbons (Fsp3) is 0.500. The molecule has 3 nitrogen and oxygen atoms in total. The summed E-state index contributed by atoms with van der Waals surface area (Å²) in [5.74, 6) is 0. The number of nitriles is 1. The third-order valence-electron chi connectivity index (χ3n) is 3.10. The van der Waals surface area contributed by atoms with Crippen LogP contribution in [-0.4, -0.2) is 23.5 Å². The molecule has 15 heavy (non-hydrogen) atoms. The van der Waals surface area contributed by atoms with Crippen LogP contribution in [0.25, 0.3) is 0 Å². The first-order valence-corrected chi connectivity index (χ1v) is 5.37. The van der Waals surface area contributed by atoms with Gasteiger partial charge in [0.25, 0.3) is 0 Å². The van der Waals surface area contributed by atoms with E-state index in [1.807, 2.05) is 6.07 Å². The van der Waals surface area contributed by atoms with Gasteiger partial charge in [-0.2, -0.15) is 5.26 Å². The van der Waals surface area contributed by atoms with E-state index in [9.17, 15) is 0 Å². The Kier molecular flexibility index (Phi) is 2.98. The van der Waals surface area contributed by atoms with E-state index in [-0.39, 0.29) is 0 Å². The molecule has 0 saturated carbocycles. The van der Waals surface area contributed by atoms with Gasteiger partial charge in [-0.05, 0) is 38.1 Å². The SMILES string of the molecule is CN1CCCCC1c1ccncc1C#N. The molecule has 0 N–H and O–H groups in total. The molecule has 1 aromatic rings. The summed E-state index contributed by atoms with van der Waals surface area (Å²) < 4.78 is 0. The second kappa shape index (κ2) is 4.41. The highest BCUT2D eigenvalue weighted by Gasteiger charge is 2.22. The highest BCUT2D eigenvalue weighted by molar-refractivity contribution is 5.37. The number of aromatic nitrogens is 1. The lowest BCUT2D eigenvalue weighted by Crippen LogP contribution is -2.30. The van der Waals surface area contributed by atoms with E-state index >= 15 is 0 Å². The Bertz CT molecular complexity index is 381. The Hall–Kier alpha value is -1.40. The zero-order chi connectivity index (χ0) is 10.7. The molecule has 0 spiro atoms. The van der Waals surface area contributed by atoms with Gasteiger partial charge in [0.2, 0.25) is 0 Å². The quantitative estimate of drug-likeness (QED) is 0.698. The molecule has 78 valence electrons. The van der Waals surface area contributed by atoms with Crippen molar-refractivity contribution in [1.29, 1.82) is 5.26 Å². The fourth-order valence-corrected chi connectivity index (χ4v) is 2.26. The van der Waals surface area contributed by atoms with Crippen molar-refractivity contribution in [2.75, 3.05) is 13.6 Å². The topological polar surface area (TPSA) is 39.9 Å². The molecular formula is C12H15N3. The summed E-state index contributed by atoms with van der Waals surface area (Å²) >= 11 is 0. The van der Waals surface area contributed by atoms with Gasteiger partial charge < -0.3 is 0 Å². The zero-order valence-corrected chi connectivity index (χ0v) is 8.98. The van der Waals surface area contributed by atoms with Crippen LogP contribution < -0.4 is 0 Å². The molecule has 1 unspecified atom stereocenters. The van der Waals surface area contributed by atoms with Crippen molar-refractivity contribution in [3.63, 3.8) is 0 Å². The normalized spacial score (nSPS) is 22.3. The van der Waals surface area contributed by atoms with Gasteiger partial charge in [0.1, 0.15) is 6.07 Å². The third-order valence-corrected chi connectivity index (χ3v) is 3.10. The first-order valence-electron chi connectivity index (χ1n) is 5.37. The lowest BCUT2D eigenvalue weighted by molar-refractivity contribution is 0.187. The Labute approximate surface area is 90.4 Å². The van der Waals surface area contributed by atoms with E-state index in [0.717, 1.165) is 24.1 Å². The first-order chi connectivity index (χ1) is 7.33.